The molecule has 0 aliphatic rings. The van der Waals surface area contributed by atoms with Crippen molar-refractivity contribution in [2.75, 3.05) is 11.9 Å². The first-order valence-corrected chi connectivity index (χ1v) is 8.84. The van der Waals surface area contributed by atoms with Crippen LogP contribution in [0.4, 0.5) is 5.69 Å². The van der Waals surface area contributed by atoms with Crippen molar-refractivity contribution in [2.24, 2.45) is 0 Å². The van der Waals surface area contributed by atoms with Gasteiger partial charge in [-0.05, 0) is 41.5 Å². The molecule has 0 unspecified atom stereocenters. The first-order valence-electron chi connectivity index (χ1n) is 8.84. The van der Waals surface area contributed by atoms with E-state index >= 15 is 0 Å². The zero-order chi connectivity index (χ0) is 17.9. The average Bonchev–Trinajstić information content (AvgIpc) is 3.04. The Balaban J connectivity index is 1.66. The van der Waals surface area contributed by atoms with Gasteiger partial charge in [-0.2, -0.15) is 0 Å². The van der Waals surface area contributed by atoms with Crippen LogP contribution in [0.25, 0.3) is 21.8 Å². The van der Waals surface area contributed by atoms with Crippen LogP contribution < -0.4 is 15.7 Å². The van der Waals surface area contributed by atoms with Gasteiger partial charge in [0.15, 0.2) is 0 Å². The van der Waals surface area contributed by atoms with E-state index in [9.17, 15) is 4.79 Å². The Labute approximate surface area is 151 Å². The molecule has 26 heavy (non-hydrogen) atoms. The van der Waals surface area contributed by atoms with Crippen molar-refractivity contribution in [3.63, 3.8) is 0 Å². The smallest absolute Gasteiger partial charge is 0.323 e. The molecule has 0 radical (unpaired) electrons. The van der Waals surface area contributed by atoms with Crippen molar-refractivity contribution in [1.29, 1.82) is 0 Å². The lowest BCUT2D eigenvalue weighted by atomic mass is 10.0. The van der Waals surface area contributed by atoms with Crippen LogP contribution in [0.3, 0.4) is 0 Å². The molecule has 5 heteroatoms. The summed E-state index contributed by atoms with van der Waals surface area (Å²) < 4.78 is 5.96. The second-order valence-corrected chi connectivity index (χ2v) is 6.30. The molecule has 3 N–H and O–H groups in total. The first kappa shape index (κ1) is 16.3. The number of benzene rings is 3. The topological polar surface area (TPSA) is 69.9 Å². The van der Waals surface area contributed by atoms with Crippen molar-refractivity contribution >= 4 is 27.5 Å². The Bertz CT molecular complexity index is 1110. The molecule has 0 aliphatic heterocycles. The zero-order valence-electron chi connectivity index (χ0n) is 14.6. The van der Waals surface area contributed by atoms with Gasteiger partial charge >= 0.3 is 5.69 Å². The third kappa shape index (κ3) is 3.16. The summed E-state index contributed by atoms with van der Waals surface area (Å²) in [5.74, 6) is 0.911. The second-order valence-electron chi connectivity index (χ2n) is 6.30. The maximum atomic E-state index is 11.4. The molecule has 0 saturated heterocycles. The molecule has 0 fully saturated rings. The zero-order valence-corrected chi connectivity index (χ0v) is 14.6. The maximum absolute atomic E-state index is 11.4. The minimum Gasteiger partial charge on any atom is -0.493 e. The van der Waals surface area contributed by atoms with E-state index in [0.717, 1.165) is 34.5 Å². The number of aromatic amines is 2. The highest BCUT2D eigenvalue weighted by Gasteiger charge is 2.09. The summed E-state index contributed by atoms with van der Waals surface area (Å²) in [6.07, 6.45) is 0.969. The molecule has 0 amide bonds. The van der Waals surface area contributed by atoms with E-state index in [1.165, 1.54) is 10.8 Å². The molecule has 0 saturated carbocycles. The fourth-order valence-electron chi connectivity index (χ4n) is 3.18. The van der Waals surface area contributed by atoms with Crippen molar-refractivity contribution in [3.8, 4) is 5.75 Å². The van der Waals surface area contributed by atoms with E-state index in [0.29, 0.717) is 13.2 Å². The third-order valence-corrected chi connectivity index (χ3v) is 4.44. The highest BCUT2D eigenvalue weighted by Crippen LogP contribution is 2.29. The number of anilines is 1. The number of H-pyrrole nitrogens is 2. The number of ether oxygens (including phenoxy) is 1. The van der Waals surface area contributed by atoms with Crippen LogP contribution in [-0.2, 0) is 6.54 Å². The monoisotopic (exact) mass is 347 g/mol. The van der Waals surface area contributed by atoms with Crippen LogP contribution in [0, 0.1) is 0 Å². The number of hydrogen-bond donors (Lipinski definition) is 3. The number of nitrogens with one attached hydrogen (secondary N) is 3. The molecule has 1 heterocycles. The van der Waals surface area contributed by atoms with E-state index in [-0.39, 0.29) is 5.69 Å². The quantitative estimate of drug-likeness (QED) is 0.484. The van der Waals surface area contributed by atoms with Crippen LogP contribution in [0.1, 0.15) is 18.9 Å². The average molecular weight is 347 g/mol. The van der Waals surface area contributed by atoms with Gasteiger partial charge in [0.2, 0.25) is 0 Å². The van der Waals surface area contributed by atoms with Gasteiger partial charge in [0.25, 0.3) is 0 Å². The van der Waals surface area contributed by atoms with Gasteiger partial charge in [-0.3, -0.25) is 0 Å². The molecule has 132 valence electrons. The third-order valence-electron chi connectivity index (χ3n) is 4.44. The molecule has 0 atom stereocenters. The largest absolute Gasteiger partial charge is 0.493 e. The number of fused-ring (bicyclic) bond motifs is 2. The van der Waals surface area contributed by atoms with Crippen LogP contribution in [0.15, 0.2) is 59.4 Å². The standard InChI is InChI=1S/C21H21N3O2/c1-2-11-26-20-10-7-14-5-3-4-6-16(14)17(20)13-22-15-8-9-18-19(12-15)24-21(25)23-18/h3-10,12,22H,2,11,13H2,1H3,(H2,23,24,25). The minimum absolute atomic E-state index is 0.193. The van der Waals surface area contributed by atoms with Crippen LogP contribution in [-0.4, -0.2) is 16.6 Å². The van der Waals surface area contributed by atoms with Gasteiger partial charge in [0, 0.05) is 17.8 Å². The summed E-state index contributed by atoms with van der Waals surface area (Å²) in [7, 11) is 0. The van der Waals surface area contributed by atoms with Crippen LogP contribution >= 0.6 is 0 Å². The number of aromatic nitrogens is 2. The van der Waals surface area contributed by atoms with Crippen molar-refractivity contribution in [3.05, 3.63) is 70.6 Å². The fraction of sp³-hybridized carbons (Fsp3) is 0.190. The SMILES string of the molecule is CCCOc1ccc2ccccc2c1CNc1ccc2[nH]c(=O)[nH]c2c1. The normalized spacial score (nSPS) is 11.1. The molecule has 0 aliphatic carbocycles. The van der Waals surface area contributed by atoms with Gasteiger partial charge in [0.1, 0.15) is 5.75 Å². The molecule has 4 aromatic rings. The van der Waals surface area contributed by atoms with Crippen molar-refractivity contribution in [2.45, 2.75) is 19.9 Å². The molecule has 4 rings (SSSR count). The predicted molar refractivity (Wildman–Crippen MR) is 106 cm³/mol. The Kier molecular flexibility index (Phi) is 4.35. The molecule has 0 spiro atoms. The van der Waals surface area contributed by atoms with Crippen LogP contribution in [0.2, 0.25) is 0 Å². The van der Waals surface area contributed by atoms with Gasteiger partial charge in [-0.1, -0.05) is 37.3 Å². The summed E-state index contributed by atoms with van der Waals surface area (Å²) in [4.78, 5) is 17.0. The van der Waals surface area contributed by atoms with Gasteiger partial charge in [-0.25, -0.2) is 4.79 Å². The maximum Gasteiger partial charge on any atom is 0.323 e. The first-order chi connectivity index (χ1) is 12.7. The van der Waals surface area contributed by atoms with Crippen LogP contribution in [0.5, 0.6) is 5.75 Å². The fourth-order valence-corrected chi connectivity index (χ4v) is 3.18. The minimum atomic E-state index is -0.193. The van der Waals surface area contributed by atoms with Gasteiger partial charge < -0.3 is 20.0 Å². The van der Waals surface area contributed by atoms with Crippen molar-refractivity contribution in [1.82, 2.24) is 9.97 Å². The molecule has 0 bridgehead atoms. The van der Waals surface area contributed by atoms with E-state index in [1.54, 1.807) is 0 Å². The lowest BCUT2D eigenvalue weighted by Gasteiger charge is -2.15. The lowest BCUT2D eigenvalue weighted by molar-refractivity contribution is 0.315. The van der Waals surface area contributed by atoms with E-state index in [2.05, 4.69) is 40.4 Å². The van der Waals surface area contributed by atoms with Crippen molar-refractivity contribution < 1.29 is 4.74 Å². The lowest BCUT2D eigenvalue weighted by Crippen LogP contribution is -2.05. The molecular formula is C21H21N3O2. The molecule has 3 aromatic carbocycles. The summed E-state index contributed by atoms with van der Waals surface area (Å²) >= 11 is 0. The second kappa shape index (κ2) is 6.96. The molecule has 5 nitrogen and oxygen atoms in total. The summed E-state index contributed by atoms with van der Waals surface area (Å²) in [6.45, 7) is 3.44. The highest BCUT2D eigenvalue weighted by molar-refractivity contribution is 5.88. The van der Waals surface area contributed by atoms with Gasteiger partial charge in [-0.15, -0.1) is 0 Å². The summed E-state index contributed by atoms with van der Waals surface area (Å²) in [6, 6.07) is 18.3. The number of imidazole rings is 1. The highest BCUT2D eigenvalue weighted by atomic mass is 16.5. The number of hydrogen-bond acceptors (Lipinski definition) is 3. The Morgan fingerprint density at radius 2 is 1.85 bits per heavy atom. The molecular weight excluding hydrogens is 326 g/mol. The van der Waals surface area contributed by atoms with E-state index in [4.69, 9.17) is 4.74 Å². The summed E-state index contributed by atoms with van der Waals surface area (Å²) in [5.41, 5.74) is 3.49. The Hall–Kier alpha value is -3.21. The Morgan fingerprint density at radius 1 is 1.00 bits per heavy atom. The predicted octanol–water partition coefficient (Wildman–Crippen LogP) is 4.41. The summed E-state index contributed by atoms with van der Waals surface area (Å²) in [5, 5.41) is 5.83. The number of rotatable bonds is 6. The van der Waals surface area contributed by atoms with E-state index < -0.39 is 0 Å². The van der Waals surface area contributed by atoms with Gasteiger partial charge in [0.05, 0.1) is 17.6 Å². The molecule has 1 aromatic heterocycles. The Morgan fingerprint density at radius 3 is 2.73 bits per heavy atom. The van der Waals surface area contributed by atoms with E-state index in [1.807, 2.05) is 36.4 Å².